The number of hydrogen-bond donors (Lipinski definition) is 1. The highest BCUT2D eigenvalue weighted by Gasteiger charge is 2.30. The lowest BCUT2D eigenvalue weighted by molar-refractivity contribution is 0.0944. The number of carbonyl (C=O) groups is 1. The van der Waals surface area contributed by atoms with Gasteiger partial charge in [-0.05, 0) is 25.0 Å². The number of methoxy groups -OCH3 is 2. The Labute approximate surface area is 121 Å². The molecular formula is C12H14ClNO5S. The molecule has 0 atom stereocenters. The summed E-state index contributed by atoms with van der Waals surface area (Å²) in [6, 6.07) is 2.74. The van der Waals surface area contributed by atoms with E-state index in [1.54, 1.807) is 0 Å². The first kappa shape index (κ1) is 14.9. The zero-order valence-corrected chi connectivity index (χ0v) is 12.5. The molecule has 1 amide bonds. The van der Waals surface area contributed by atoms with Gasteiger partial charge in [0.15, 0.2) is 5.75 Å². The summed E-state index contributed by atoms with van der Waals surface area (Å²) >= 11 is 0. The van der Waals surface area contributed by atoms with Gasteiger partial charge in [0.1, 0.15) is 16.2 Å². The fourth-order valence-corrected chi connectivity index (χ4v) is 2.81. The SMILES string of the molecule is COc1ccc(S(=O)(=O)Cl)c(OC)c1C(=O)NC1CC1. The van der Waals surface area contributed by atoms with Crippen LogP contribution in [-0.2, 0) is 9.05 Å². The minimum absolute atomic E-state index is 0.0311. The van der Waals surface area contributed by atoms with Crippen molar-refractivity contribution < 1.29 is 22.7 Å². The maximum atomic E-state index is 12.2. The van der Waals surface area contributed by atoms with Gasteiger partial charge >= 0.3 is 0 Å². The molecule has 1 aromatic rings. The highest BCUT2D eigenvalue weighted by Crippen LogP contribution is 2.37. The van der Waals surface area contributed by atoms with E-state index >= 15 is 0 Å². The van der Waals surface area contributed by atoms with Crippen LogP contribution in [0.1, 0.15) is 23.2 Å². The van der Waals surface area contributed by atoms with Crippen LogP contribution in [0.15, 0.2) is 17.0 Å². The zero-order chi connectivity index (χ0) is 14.9. The first-order valence-corrected chi connectivity index (χ1v) is 8.20. The van der Waals surface area contributed by atoms with Crippen LogP contribution >= 0.6 is 10.7 Å². The predicted molar refractivity (Wildman–Crippen MR) is 73.1 cm³/mol. The summed E-state index contributed by atoms with van der Waals surface area (Å²) < 4.78 is 33.2. The van der Waals surface area contributed by atoms with Crippen molar-refractivity contribution in [1.29, 1.82) is 0 Å². The van der Waals surface area contributed by atoms with Crippen molar-refractivity contribution >= 4 is 25.6 Å². The molecule has 1 N–H and O–H groups in total. The quantitative estimate of drug-likeness (QED) is 0.832. The van der Waals surface area contributed by atoms with Crippen LogP contribution in [0.5, 0.6) is 11.5 Å². The molecule has 1 aliphatic rings. The number of halogens is 1. The number of hydrogen-bond acceptors (Lipinski definition) is 5. The highest BCUT2D eigenvalue weighted by molar-refractivity contribution is 8.13. The Balaban J connectivity index is 2.57. The number of nitrogens with one attached hydrogen (secondary N) is 1. The molecule has 2 rings (SSSR count). The van der Waals surface area contributed by atoms with E-state index in [9.17, 15) is 13.2 Å². The molecule has 1 saturated carbocycles. The van der Waals surface area contributed by atoms with Crippen LogP contribution < -0.4 is 14.8 Å². The molecule has 1 aromatic carbocycles. The average Bonchev–Trinajstić information content (AvgIpc) is 3.19. The van der Waals surface area contributed by atoms with E-state index < -0.39 is 15.0 Å². The van der Waals surface area contributed by atoms with Gasteiger partial charge in [-0.15, -0.1) is 0 Å². The Bertz CT molecular complexity index is 639. The molecule has 0 aliphatic heterocycles. The fourth-order valence-electron chi connectivity index (χ4n) is 1.81. The topological polar surface area (TPSA) is 81.7 Å². The van der Waals surface area contributed by atoms with Gasteiger partial charge in [-0.2, -0.15) is 0 Å². The molecule has 1 aliphatic carbocycles. The van der Waals surface area contributed by atoms with E-state index in [1.807, 2.05) is 0 Å². The second kappa shape index (κ2) is 5.49. The normalized spacial score (nSPS) is 14.8. The van der Waals surface area contributed by atoms with Crippen molar-refractivity contribution in [2.45, 2.75) is 23.8 Å². The van der Waals surface area contributed by atoms with Gasteiger partial charge < -0.3 is 14.8 Å². The average molecular weight is 320 g/mol. The van der Waals surface area contributed by atoms with Gasteiger partial charge in [-0.1, -0.05) is 0 Å². The molecule has 0 unspecified atom stereocenters. The third kappa shape index (κ3) is 2.99. The zero-order valence-electron chi connectivity index (χ0n) is 11.0. The molecule has 0 bridgehead atoms. The van der Waals surface area contributed by atoms with Crippen molar-refractivity contribution in [3.63, 3.8) is 0 Å². The molecule has 0 radical (unpaired) electrons. The van der Waals surface area contributed by atoms with Crippen LogP contribution in [0.25, 0.3) is 0 Å². The van der Waals surface area contributed by atoms with Gasteiger partial charge in [0.2, 0.25) is 0 Å². The summed E-state index contributed by atoms with van der Waals surface area (Å²) in [5, 5.41) is 2.76. The molecule has 1 fully saturated rings. The van der Waals surface area contributed by atoms with Crippen molar-refractivity contribution in [3.8, 4) is 11.5 Å². The van der Waals surface area contributed by atoms with Crippen molar-refractivity contribution in [3.05, 3.63) is 17.7 Å². The van der Waals surface area contributed by atoms with Crippen LogP contribution in [0.2, 0.25) is 0 Å². The summed E-state index contributed by atoms with van der Waals surface area (Å²) in [6.45, 7) is 0. The lowest BCUT2D eigenvalue weighted by Crippen LogP contribution is -2.26. The van der Waals surface area contributed by atoms with Gasteiger partial charge in [-0.3, -0.25) is 4.79 Å². The van der Waals surface area contributed by atoms with Gasteiger partial charge in [0.25, 0.3) is 15.0 Å². The monoisotopic (exact) mass is 319 g/mol. The van der Waals surface area contributed by atoms with E-state index in [0.717, 1.165) is 12.8 Å². The highest BCUT2D eigenvalue weighted by atomic mass is 35.7. The molecule has 0 heterocycles. The van der Waals surface area contributed by atoms with Gasteiger partial charge in [-0.25, -0.2) is 8.42 Å². The number of rotatable bonds is 5. The third-order valence-electron chi connectivity index (χ3n) is 2.91. The van der Waals surface area contributed by atoms with E-state index in [4.69, 9.17) is 20.2 Å². The van der Waals surface area contributed by atoms with E-state index in [0.29, 0.717) is 0 Å². The summed E-state index contributed by atoms with van der Waals surface area (Å²) in [5.41, 5.74) is 0.0311. The van der Waals surface area contributed by atoms with Crippen LogP contribution in [-0.4, -0.2) is 34.6 Å². The molecule has 0 aromatic heterocycles. The largest absolute Gasteiger partial charge is 0.496 e. The Morgan fingerprint density at radius 2 is 1.95 bits per heavy atom. The van der Waals surface area contributed by atoms with Crippen molar-refractivity contribution in [2.24, 2.45) is 0 Å². The first-order chi connectivity index (χ1) is 9.38. The summed E-state index contributed by atoms with van der Waals surface area (Å²) in [7, 11) is 3.98. The minimum atomic E-state index is -4.03. The second-order valence-electron chi connectivity index (χ2n) is 4.36. The van der Waals surface area contributed by atoms with Gasteiger partial charge in [0, 0.05) is 16.7 Å². The molecular weight excluding hydrogens is 306 g/mol. The smallest absolute Gasteiger partial charge is 0.265 e. The van der Waals surface area contributed by atoms with Crippen molar-refractivity contribution in [1.82, 2.24) is 5.32 Å². The maximum Gasteiger partial charge on any atom is 0.265 e. The number of ether oxygens (including phenoxy) is 2. The maximum absolute atomic E-state index is 12.2. The van der Waals surface area contributed by atoms with Crippen LogP contribution in [0.4, 0.5) is 0 Å². The van der Waals surface area contributed by atoms with Crippen LogP contribution in [0, 0.1) is 0 Å². The summed E-state index contributed by atoms with van der Waals surface area (Å²) in [5.74, 6) is -0.329. The predicted octanol–water partition coefficient (Wildman–Crippen LogP) is 1.52. The number of benzene rings is 1. The Kier molecular flexibility index (Phi) is 4.10. The summed E-state index contributed by atoms with van der Waals surface area (Å²) in [6.07, 6.45) is 1.81. The molecule has 0 saturated heterocycles. The molecule has 20 heavy (non-hydrogen) atoms. The van der Waals surface area contributed by atoms with Crippen molar-refractivity contribution in [2.75, 3.05) is 14.2 Å². The molecule has 0 spiro atoms. The first-order valence-electron chi connectivity index (χ1n) is 5.89. The Morgan fingerprint density at radius 1 is 1.30 bits per heavy atom. The Morgan fingerprint density at radius 3 is 2.40 bits per heavy atom. The second-order valence-corrected chi connectivity index (χ2v) is 6.89. The minimum Gasteiger partial charge on any atom is -0.496 e. The van der Waals surface area contributed by atoms with E-state index in [-0.39, 0.29) is 28.0 Å². The van der Waals surface area contributed by atoms with E-state index in [2.05, 4.69) is 5.32 Å². The lowest BCUT2D eigenvalue weighted by Gasteiger charge is -2.15. The number of amides is 1. The van der Waals surface area contributed by atoms with Gasteiger partial charge in [0.05, 0.1) is 14.2 Å². The molecule has 110 valence electrons. The third-order valence-corrected chi connectivity index (χ3v) is 4.26. The molecule has 8 heteroatoms. The number of carbonyl (C=O) groups excluding carboxylic acids is 1. The molecule has 6 nitrogen and oxygen atoms in total. The summed E-state index contributed by atoms with van der Waals surface area (Å²) in [4.78, 5) is 12.0. The lowest BCUT2D eigenvalue weighted by atomic mass is 10.1. The standard InChI is InChI=1S/C12H14ClNO5S/c1-18-8-5-6-9(20(13,16)17)11(19-2)10(8)12(15)14-7-3-4-7/h5-7H,3-4H2,1-2H3,(H,14,15). The van der Waals surface area contributed by atoms with E-state index in [1.165, 1.54) is 26.4 Å². The Hall–Kier alpha value is -1.47. The van der Waals surface area contributed by atoms with Crippen LogP contribution in [0.3, 0.4) is 0 Å². The fraction of sp³-hybridized carbons (Fsp3) is 0.417.